The summed E-state index contributed by atoms with van der Waals surface area (Å²) in [6.07, 6.45) is 0. The van der Waals surface area contributed by atoms with Crippen LogP contribution in [-0.4, -0.2) is 45.6 Å². The number of fused-ring (bicyclic) bond motifs is 1. The Bertz CT molecular complexity index is 1000. The number of hydrogen-bond donors (Lipinski definition) is 1. The van der Waals surface area contributed by atoms with Gasteiger partial charge < -0.3 is 19.5 Å². The van der Waals surface area contributed by atoms with Crippen molar-refractivity contribution in [1.82, 2.24) is 25.5 Å². The summed E-state index contributed by atoms with van der Waals surface area (Å²) in [6.45, 7) is 4.37. The van der Waals surface area contributed by atoms with Crippen LogP contribution in [0, 0.1) is 6.92 Å². The largest absolute Gasteiger partial charge is 0.491 e. The first-order chi connectivity index (χ1) is 14.1. The molecule has 1 atom stereocenters. The van der Waals surface area contributed by atoms with E-state index in [1.54, 1.807) is 18.2 Å². The van der Waals surface area contributed by atoms with Crippen LogP contribution in [0.15, 0.2) is 42.5 Å². The molecule has 4 rings (SSSR count). The van der Waals surface area contributed by atoms with Crippen LogP contribution in [0.1, 0.15) is 12.5 Å². The molecule has 2 aromatic carbocycles. The topological polar surface area (TPSA) is 100 Å². The average Bonchev–Trinajstić information content (AvgIpc) is 3.36. The summed E-state index contributed by atoms with van der Waals surface area (Å²) in [5.74, 6) is 2.26. The third kappa shape index (κ3) is 4.63. The second-order valence-corrected chi connectivity index (χ2v) is 6.80. The molecular formula is C20H21N5O4. The Kier molecular flexibility index (Phi) is 5.28. The Hall–Kier alpha value is -3.62. The van der Waals surface area contributed by atoms with E-state index in [0.717, 1.165) is 11.1 Å². The molecule has 150 valence electrons. The molecule has 0 saturated carbocycles. The molecule has 1 aliphatic heterocycles. The van der Waals surface area contributed by atoms with Crippen LogP contribution in [-0.2, 0) is 11.3 Å². The maximum atomic E-state index is 12.2. The number of tetrazole rings is 1. The number of nitrogens with one attached hydrogen (secondary N) is 1. The van der Waals surface area contributed by atoms with Gasteiger partial charge in [-0.3, -0.25) is 4.79 Å². The van der Waals surface area contributed by atoms with Gasteiger partial charge in [0.25, 0.3) is 0 Å². The van der Waals surface area contributed by atoms with Crippen LogP contribution < -0.4 is 19.5 Å². The van der Waals surface area contributed by atoms with Gasteiger partial charge in [-0.15, -0.1) is 10.2 Å². The molecule has 1 amide bonds. The van der Waals surface area contributed by atoms with Crippen molar-refractivity contribution >= 4 is 5.91 Å². The van der Waals surface area contributed by atoms with Crippen LogP contribution in [0.4, 0.5) is 0 Å². The first-order valence-corrected chi connectivity index (χ1v) is 9.23. The van der Waals surface area contributed by atoms with Crippen LogP contribution in [0.2, 0.25) is 0 Å². The van der Waals surface area contributed by atoms with Crippen molar-refractivity contribution in [2.24, 2.45) is 0 Å². The van der Waals surface area contributed by atoms with Crippen LogP contribution in [0.25, 0.3) is 11.4 Å². The maximum Gasteiger partial charge on any atom is 0.244 e. The van der Waals surface area contributed by atoms with E-state index < -0.39 is 0 Å². The van der Waals surface area contributed by atoms with Gasteiger partial charge in [0.1, 0.15) is 18.9 Å². The number of nitrogens with zero attached hydrogens (tertiary/aromatic N) is 4. The number of carbonyl (C=O) groups excluding carboxylic acids is 1. The van der Waals surface area contributed by atoms with E-state index in [2.05, 4.69) is 20.7 Å². The highest BCUT2D eigenvalue weighted by atomic mass is 16.7. The molecule has 0 radical (unpaired) electrons. The fourth-order valence-corrected chi connectivity index (χ4v) is 2.81. The monoisotopic (exact) mass is 395 g/mol. The van der Waals surface area contributed by atoms with E-state index in [0.29, 0.717) is 29.7 Å². The Morgan fingerprint density at radius 1 is 1.21 bits per heavy atom. The smallest absolute Gasteiger partial charge is 0.244 e. The van der Waals surface area contributed by atoms with Gasteiger partial charge in [0.2, 0.25) is 18.5 Å². The second kappa shape index (κ2) is 8.17. The van der Waals surface area contributed by atoms with Gasteiger partial charge in [0.05, 0.1) is 6.04 Å². The summed E-state index contributed by atoms with van der Waals surface area (Å²) in [5, 5.41) is 15.1. The third-order valence-electron chi connectivity index (χ3n) is 4.30. The molecule has 0 fully saturated rings. The molecule has 3 aromatic rings. The number of ether oxygens (including phenoxy) is 3. The normalized spacial score (nSPS) is 13.2. The molecule has 0 spiro atoms. The van der Waals surface area contributed by atoms with E-state index in [1.165, 1.54) is 4.80 Å². The Balaban J connectivity index is 1.26. The molecule has 0 bridgehead atoms. The Labute approximate surface area is 167 Å². The van der Waals surface area contributed by atoms with Gasteiger partial charge >= 0.3 is 0 Å². The van der Waals surface area contributed by atoms with Gasteiger partial charge in [0.15, 0.2) is 11.5 Å². The minimum atomic E-state index is -0.223. The second-order valence-electron chi connectivity index (χ2n) is 6.80. The predicted molar refractivity (Wildman–Crippen MR) is 104 cm³/mol. The number of aromatic nitrogens is 4. The zero-order chi connectivity index (χ0) is 20.2. The van der Waals surface area contributed by atoms with Crippen molar-refractivity contribution in [3.8, 4) is 28.6 Å². The molecule has 1 aliphatic rings. The molecule has 0 aliphatic carbocycles. The number of amides is 1. The lowest BCUT2D eigenvalue weighted by Gasteiger charge is -2.15. The van der Waals surface area contributed by atoms with Crippen molar-refractivity contribution in [3.63, 3.8) is 0 Å². The quantitative estimate of drug-likeness (QED) is 0.653. The van der Waals surface area contributed by atoms with Gasteiger partial charge in [-0.05, 0) is 31.2 Å². The van der Waals surface area contributed by atoms with Gasteiger partial charge in [-0.25, -0.2) is 0 Å². The van der Waals surface area contributed by atoms with Gasteiger partial charge in [-0.1, -0.05) is 29.8 Å². The molecule has 1 N–H and O–H groups in total. The molecule has 0 saturated heterocycles. The lowest BCUT2D eigenvalue weighted by molar-refractivity contribution is -0.122. The van der Waals surface area contributed by atoms with E-state index in [1.807, 2.05) is 38.1 Å². The first kappa shape index (κ1) is 18.7. The lowest BCUT2D eigenvalue weighted by atomic mass is 10.1. The van der Waals surface area contributed by atoms with Crippen molar-refractivity contribution in [2.75, 3.05) is 13.4 Å². The van der Waals surface area contributed by atoms with Gasteiger partial charge in [-0.2, -0.15) is 4.80 Å². The van der Waals surface area contributed by atoms with E-state index in [4.69, 9.17) is 14.2 Å². The van der Waals surface area contributed by atoms with Crippen molar-refractivity contribution in [2.45, 2.75) is 26.4 Å². The summed E-state index contributed by atoms with van der Waals surface area (Å²) in [7, 11) is 0. The SMILES string of the molecule is Cc1ccc(-c2nnn(CC(=O)N[C@H](C)COc3ccc4c(c3)OCO4)n2)cc1. The third-order valence-corrected chi connectivity index (χ3v) is 4.30. The summed E-state index contributed by atoms with van der Waals surface area (Å²) >= 11 is 0. The maximum absolute atomic E-state index is 12.2. The standard InChI is InChI=1S/C20H21N5O4/c1-13-3-5-15(6-4-13)20-22-24-25(23-20)10-19(26)21-14(2)11-27-16-7-8-17-18(9-16)29-12-28-17/h3-9,14H,10-12H2,1-2H3,(H,21,26)/t14-/m1/s1. The summed E-state index contributed by atoms with van der Waals surface area (Å²) in [4.78, 5) is 13.5. The van der Waals surface area contributed by atoms with Crippen LogP contribution in [0.5, 0.6) is 17.2 Å². The minimum Gasteiger partial charge on any atom is -0.491 e. The predicted octanol–water partition coefficient (Wildman–Crippen LogP) is 1.96. The summed E-state index contributed by atoms with van der Waals surface area (Å²) in [5.41, 5.74) is 2.00. The van der Waals surface area contributed by atoms with Crippen LogP contribution >= 0.6 is 0 Å². The van der Waals surface area contributed by atoms with Crippen LogP contribution in [0.3, 0.4) is 0 Å². The molecule has 9 heteroatoms. The number of rotatable bonds is 7. The summed E-state index contributed by atoms with van der Waals surface area (Å²) in [6, 6.07) is 13.0. The van der Waals surface area contributed by atoms with E-state index >= 15 is 0 Å². The molecule has 0 unspecified atom stereocenters. The fourth-order valence-electron chi connectivity index (χ4n) is 2.81. The molecular weight excluding hydrogens is 374 g/mol. The minimum absolute atomic E-state index is 0.0206. The molecule has 29 heavy (non-hydrogen) atoms. The average molecular weight is 395 g/mol. The highest BCUT2D eigenvalue weighted by Crippen LogP contribution is 2.35. The Morgan fingerprint density at radius 3 is 2.83 bits per heavy atom. The van der Waals surface area contributed by atoms with E-state index in [-0.39, 0.29) is 25.3 Å². The van der Waals surface area contributed by atoms with Crippen molar-refractivity contribution in [1.29, 1.82) is 0 Å². The first-order valence-electron chi connectivity index (χ1n) is 9.23. The number of hydrogen-bond acceptors (Lipinski definition) is 7. The lowest BCUT2D eigenvalue weighted by Crippen LogP contribution is -2.39. The molecule has 1 aromatic heterocycles. The zero-order valence-electron chi connectivity index (χ0n) is 16.2. The number of aryl methyl sites for hydroxylation is 1. The zero-order valence-corrected chi connectivity index (χ0v) is 16.2. The molecule has 2 heterocycles. The fraction of sp³-hybridized carbons (Fsp3) is 0.300. The highest BCUT2D eigenvalue weighted by Gasteiger charge is 2.15. The Morgan fingerprint density at radius 2 is 2.00 bits per heavy atom. The number of benzene rings is 2. The van der Waals surface area contributed by atoms with Crippen molar-refractivity contribution in [3.05, 3.63) is 48.0 Å². The molecule has 9 nitrogen and oxygen atoms in total. The van der Waals surface area contributed by atoms with Gasteiger partial charge in [0, 0.05) is 11.6 Å². The number of carbonyl (C=O) groups is 1. The van der Waals surface area contributed by atoms with Crippen molar-refractivity contribution < 1.29 is 19.0 Å². The summed E-state index contributed by atoms with van der Waals surface area (Å²) < 4.78 is 16.3. The van der Waals surface area contributed by atoms with E-state index in [9.17, 15) is 4.79 Å². The highest BCUT2D eigenvalue weighted by molar-refractivity contribution is 5.75.